The maximum absolute atomic E-state index is 13.5. The summed E-state index contributed by atoms with van der Waals surface area (Å²) < 4.78 is 0. The van der Waals surface area contributed by atoms with Gasteiger partial charge in [0.25, 0.3) is 11.8 Å². The molecule has 1 N–H and O–H groups in total. The van der Waals surface area contributed by atoms with E-state index in [1.165, 1.54) is 23.4 Å². The molecule has 5 nitrogen and oxygen atoms in total. The zero-order valence-electron chi connectivity index (χ0n) is 18.3. The molecule has 3 aromatic carbocycles. The molecule has 0 saturated carbocycles. The Hall–Kier alpha value is -3.57. The van der Waals surface area contributed by atoms with Gasteiger partial charge < -0.3 is 10.2 Å². The number of hydrogen-bond donors (Lipinski definition) is 1. The van der Waals surface area contributed by atoms with Crippen molar-refractivity contribution in [2.45, 2.75) is 19.8 Å². The van der Waals surface area contributed by atoms with Crippen molar-refractivity contribution in [2.24, 2.45) is 0 Å². The van der Waals surface area contributed by atoms with Crippen LogP contribution in [0.2, 0.25) is 5.02 Å². The van der Waals surface area contributed by atoms with Gasteiger partial charge in [-0.2, -0.15) is 0 Å². The van der Waals surface area contributed by atoms with Crippen molar-refractivity contribution in [3.8, 4) is 0 Å². The van der Waals surface area contributed by atoms with Crippen molar-refractivity contribution in [2.75, 3.05) is 28.2 Å². The molecule has 0 bridgehead atoms. The van der Waals surface area contributed by atoms with Gasteiger partial charge in [0.15, 0.2) is 0 Å². The number of amides is 2. The van der Waals surface area contributed by atoms with Crippen LogP contribution in [0.25, 0.3) is 5.57 Å². The van der Waals surface area contributed by atoms with E-state index in [2.05, 4.69) is 22.3 Å². The summed E-state index contributed by atoms with van der Waals surface area (Å²) in [5, 5.41) is 3.74. The standard InChI is InChI=1S/C27H24ClN3O2/c1-18-9-12-22(17-23(18)28)31-26(32)24(19-7-3-2-4-8-19)25(27(31)33)29-20-10-13-21(14-11-20)30-15-5-6-16-30/h2-4,7-14,17,29H,5-6,15-16H2,1H3. The zero-order valence-corrected chi connectivity index (χ0v) is 19.1. The van der Waals surface area contributed by atoms with E-state index in [-0.39, 0.29) is 11.6 Å². The minimum Gasteiger partial charge on any atom is -0.372 e. The van der Waals surface area contributed by atoms with E-state index < -0.39 is 5.91 Å². The lowest BCUT2D eigenvalue weighted by molar-refractivity contribution is -0.120. The molecule has 0 atom stereocenters. The van der Waals surface area contributed by atoms with Crippen LogP contribution >= 0.6 is 11.6 Å². The molecule has 166 valence electrons. The molecular weight excluding hydrogens is 434 g/mol. The SMILES string of the molecule is Cc1ccc(N2C(=O)C(Nc3ccc(N4CCCC4)cc3)=C(c3ccccc3)C2=O)cc1Cl. The molecule has 2 aliphatic heterocycles. The summed E-state index contributed by atoms with van der Waals surface area (Å²) in [5.41, 5.74) is 4.55. The summed E-state index contributed by atoms with van der Waals surface area (Å²) in [6, 6.07) is 22.5. The fourth-order valence-electron chi connectivity index (χ4n) is 4.35. The molecule has 0 radical (unpaired) electrons. The predicted octanol–water partition coefficient (Wildman–Crippen LogP) is 5.65. The number of halogens is 1. The second kappa shape index (κ2) is 8.75. The number of rotatable bonds is 5. The summed E-state index contributed by atoms with van der Waals surface area (Å²) in [6.45, 7) is 4.01. The topological polar surface area (TPSA) is 52.7 Å². The van der Waals surface area contributed by atoms with E-state index in [1.807, 2.05) is 55.5 Å². The lowest BCUT2D eigenvalue weighted by Gasteiger charge is -2.18. The normalized spacial score (nSPS) is 16.2. The number of anilines is 3. The van der Waals surface area contributed by atoms with Crippen LogP contribution in [0.5, 0.6) is 0 Å². The molecule has 5 rings (SSSR count). The minimum atomic E-state index is -0.401. The number of nitrogens with zero attached hydrogens (tertiary/aromatic N) is 2. The molecule has 1 fully saturated rings. The average molecular weight is 458 g/mol. The summed E-state index contributed by atoms with van der Waals surface area (Å²) >= 11 is 6.29. The monoisotopic (exact) mass is 457 g/mol. The molecule has 1 saturated heterocycles. The smallest absolute Gasteiger partial charge is 0.282 e. The van der Waals surface area contributed by atoms with Crippen LogP contribution in [0.3, 0.4) is 0 Å². The van der Waals surface area contributed by atoms with Crippen LogP contribution in [-0.2, 0) is 9.59 Å². The van der Waals surface area contributed by atoms with Crippen molar-refractivity contribution in [3.63, 3.8) is 0 Å². The third kappa shape index (κ3) is 4.00. The molecule has 0 spiro atoms. The second-order valence-corrected chi connectivity index (χ2v) is 8.77. The van der Waals surface area contributed by atoms with Gasteiger partial charge in [-0.15, -0.1) is 0 Å². The van der Waals surface area contributed by atoms with E-state index in [1.54, 1.807) is 12.1 Å². The maximum atomic E-state index is 13.5. The molecule has 2 aliphatic rings. The highest BCUT2D eigenvalue weighted by Gasteiger charge is 2.40. The molecular formula is C27H24ClN3O2. The van der Waals surface area contributed by atoms with E-state index >= 15 is 0 Å². The van der Waals surface area contributed by atoms with Gasteiger partial charge in [-0.05, 0) is 67.3 Å². The number of benzene rings is 3. The third-order valence-corrected chi connectivity index (χ3v) is 6.58. The van der Waals surface area contributed by atoms with Crippen LogP contribution in [0, 0.1) is 6.92 Å². The minimum absolute atomic E-state index is 0.261. The van der Waals surface area contributed by atoms with Gasteiger partial charge >= 0.3 is 0 Å². The van der Waals surface area contributed by atoms with E-state index in [0.717, 1.165) is 24.3 Å². The molecule has 2 heterocycles. The van der Waals surface area contributed by atoms with Crippen molar-refractivity contribution >= 4 is 46.1 Å². The van der Waals surface area contributed by atoms with Crippen LogP contribution in [0.1, 0.15) is 24.0 Å². The fraction of sp³-hybridized carbons (Fsp3) is 0.185. The lowest BCUT2D eigenvalue weighted by atomic mass is 10.0. The first-order valence-corrected chi connectivity index (χ1v) is 11.5. The Morgan fingerprint density at radius 2 is 1.48 bits per heavy atom. The van der Waals surface area contributed by atoms with Gasteiger partial charge in [-0.3, -0.25) is 9.59 Å². The Labute approximate surface area is 198 Å². The molecule has 0 aliphatic carbocycles. The highest BCUT2D eigenvalue weighted by atomic mass is 35.5. The second-order valence-electron chi connectivity index (χ2n) is 8.36. The van der Waals surface area contributed by atoms with Gasteiger partial charge in [-0.25, -0.2) is 4.90 Å². The Morgan fingerprint density at radius 1 is 0.818 bits per heavy atom. The Morgan fingerprint density at radius 3 is 2.15 bits per heavy atom. The molecule has 3 aromatic rings. The number of hydrogen-bond acceptors (Lipinski definition) is 4. The number of aryl methyl sites for hydroxylation is 1. The van der Waals surface area contributed by atoms with Gasteiger partial charge in [0.1, 0.15) is 5.70 Å². The van der Waals surface area contributed by atoms with Gasteiger partial charge in [0.2, 0.25) is 0 Å². The van der Waals surface area contributed by atoms with Crippen LogP contribution in [0.4, 0.5) is 17.1 Å². The average Bonchev–Trinajstić information content (AvgIpc) is 3.44. The summed E-state index contributed by atoms with van der Waals surface area (Å²) in [5.74, 6) is -0.773. The first-order valence-electron chi connectivity index (χ1n) is 11.1. The van der Waals surface area contributed by atoms with Crippen molar-refractivity contribution in [1.82, 2.24) is 0 Å². The Bertz CT molecular complexity index is 1250. The van der Waals surface area contributed by atoms with Crippen molar-refractivity contribution in [1.29, 1.82) is 0 Å². The van der Waals surface area contributed by atoms with Gasteiger partial charge in [0.05, 0.1) is 11.3 Å². The van der Waals surface area contributed by atoms with E-state index in [4.69, 9.17) is 11.6 Å². The predicted molar refractivity (Wildman–Crippen MR) is 134 cm³/mol. The Balaban J connectivity index is 1.51. The van der Waals surface area contributed by atoms with Crippen LogP contribution in [0.15, 0.2) is 78.5 Å². The number of nitrogens with one attached hydrogen (secondary N) is 1. The molecule has 33 heavy (non-hydrogen) atoms. The van der Waals surface area contributed by atoms with Crippen LogP contribution in [-0.4, -0.2) is 24.9 Å². The highest BCUT2D eigenvalue weighted by Crippen LogP contribution is 2.35. The van der Waals surface area contributed by atoms with Gasteiger partial charge in [-0.1, -0.05) is 48.0 Å². The third-order valence-electron chi connectivity index (χ3n) is 6.17. The Kier molecular flexibility index (Phi) is 5.65. The summed E-state index contributed by atoms with van der Waals surface area (Å²) in [7, 11) is 0. The first-order chi connectivity index (χ1) is 16.0. The van der Waals surface area contributed by atoms with Crippen LogP contribution < -0.4 is 15.1 Å². The largest absolute Gasteiger partial charge is 0.372 e. The van der Waals surface area contributed by atoms with Crippen molar-refractivity contribution in [3.05, 3.63) is 94.6 Å². The number of carbonyl (C=O) groups excluding carboxylic acids is 2. The summed E-state index contributed by atoms with van der Waals surface area (Å²) in [6.07, 6.45) is 2.42. The molecule has 0 aromatic heterocycles. The molecule has 0 unspecified atom stereocenters. The highest BCUT2D eigenvalue weighted by molar-refractivity contribution is 6.46. The van der Waals surface area contributed by atoms with E-state index in [9.17, 15) is 9.59 Å². The first kappa shape index (κ1) is 21.3. The van der Waals surface area contributed by atoms with Crippen molar-refractivity contribution < 1.29 is 9.59 Å². The molecule has 6 heteroatoms. The maximum Gasteiger partial charge on any atom is 0.282 e. The number of imide groups is 1. The number of carbonyl (C=O) groups is 2. The fourth-order valence-corrected chi connectivity index (χ4v) is 4.52. The van der Waals surface area contributed by atoms with Gasteiger partial charge in [0, 0.05) is 29.5 Å². The lowest BCUT2D eigenvalue weighted by Crippen LogP contribution is -2.32. The zero-order chi connectivity index (χ0) is 22.9. The quantitative estimate of drug-likeness (QED) is 0.503. The van der Waals surface area contributed by atoms with E-state index in [0.29, 0.717) is 21.8 Å². The summed E-state index contributed by atoms with van der Waals surface area (Å²) in [4.78, 5) is 30.6. The molecule has 2 amide bonds.